The molecule has 0 atom stereocenters. The van der Waals surface area contributed by atoms with E-state index in [1.807, 2.05) is 41.0 Å². The fourth-order valence-corrected chi connectivity index (χ4v) is 9.33. The van der Waals surface area contributed by atoms with Crippen molar-refractivity contribution in [3.63, 3.8) is 0 Å². The highest BCUT2D eigenvalue weighted by Gasteiger charge is 2.28. The molecule has 0 saturated carbocycles. The zero-order valence-electron chi connectivity index (χ0n) is 31.5. The van der Waals surface area contributed by atoms with E-state index in [-0.39, 0.29) is 29.7 Å². The van der Waals surface area contributed by atoms with Crippen LogP contribution in [-0.2, 0) is 22.4 Å². The number of ketones is 1. The first-order valence-corrected chi connectivity index (χ1v) is 21.4. The number of aryl methyl sites for hydroxylation is 1. The highest BCUT2D eigenvalue weighted by Crippen LogP contribution is 2.39. The molecule has 7 rings (SSSR count). The zero-order valence-corrected chi connectivity index (χ0v) is 34.0. The number of Topliss-reactive ketones (excluding diaryl/α,β-unsaturated/α-hetero) is 1. The van der Waals surface area contributed by atoms with Crippen LogP contribution in [0.15, 0.2) is 42.5 Å². The summed E-state index contributed by atoms with van der Waals surface area (Å²) in [6, 6.07) is 12.5. The minimum absolute atomic E-state index is 0.00866. The van der Waals surface area contributed by atoms with E-state index >= 15 is 0 Å². The molecule has 13 nitrogen and oxygen atoms in total. The van der Waals surface area contributed by atoms with Crippen LogP contribution in [0.3, 0.4) is 0 Å². The number of halogens is 1. The molecule has 296 valence electrons. The lowest BCUT2D eigenvalue weighted by Gasteiger charge is -2.33. The largest absolute Gasteiger partial charge is 0.491 e. The smallest absolute Gasteiger partial charge is 0.355 e. The van der Waals surface area contributed by atoms with Gasteiger partial charge in [0.2, 0.25) is 5.91 Å². The van der Waals surface area contributed by atoms with E-state index in [0.717, 1.165) is 39.3 Å². The van der Waals surface area contributed by atoms with Crippen LogP contribution in [0.2, 0.25) is 0 Å². The van der Waals surface area contributed by atoms with Crippen LogP contribution >= 0.6 is 34.4 Å². The molecule has 0 aliphatic carbocycles. The molecule has 2 aliphatic rings. The molecule has 1 amide bonds. The van der Waals surface area contributed by atoms with Crippen molar-refractivity contribution in [1.29, 1.82) is 0 Å². The average molecular weight is 829 g/mol. The third kappa shape index (κ3) is 9.88. The molecule has 0 radical (unpaired) electrons. The number of fused-ring (bicyclic) bond motifs is 2. The summed E-state index contributed by atoms with van der Waals surface area (Å²) in [5.41, 5.74) is 3.42. The molecular weight excluding hydrogens is 788 g/mol. The third-order valence-corrected chi connectivity index (χ3v) is 12.7. The lowest BCUT2D eigenvalue weighted by molar-refractivity contribution is -0.129. The average Bonchev–Trinajstić information content (AvgIpc) is 3.82. The second-order valence-electron chi connectivity index (χ2n) is 13.7. The maximum absolute atomic E-state index is 15.0. The molecule has 57 heavy (non-hydrogen) atoms. The molecule has 5 heterocycles. The molecule has 17 heteroatoms. The Balaban J connectivity index is 0.909. The number of aromatic nitrogens is 4. The van der Waals surface area contributed by atoms with Gasteiger partial charge in [-0.15, -0.1) is 33.3 Å². The number of para-hydroxylation sites is 1. The quantitative estimate of drug-likeness (QED) is 0.0946. The van der Waals surface area contributed by atoms with Gasteiger partial charge >= 0.3 is 5.97 Å². The Morgan fingerprint density at radius 2 is 1.86 bits per heavy atom. The van der Waals surface area contributed by atoms with Gasteiger partial charge < -0.3 is 25.0 Å². The number of nitrogens with one attached hydrogen (secondary N) is 1. The first-order chi connectivity index (χ1) is 27.6. The van der Waals surface area contributed by atoms with Crippen molar-refractivity contribution in [3.05, 3.63) is 75.5 Å². The standard InChI is InChI=1S/C40H41FN8O5S3/c1-25(50)23-55-24-34(51)48-19-17-47(18-20-48)15-5-8-27-13-14-31(29(41)22-27)54-21-7-12-33-35(38(52)53)43-40(57-33)49-16-6-9-28-26(2)36(45-46-37(28)49)44-39-42-30-10-3-4-11-32(30)56-39/h3-4,10-11,13-14,22H,6-7,9,12,15-21,23-24H2,1-2H3,(H,52,53)(H,42,44,45). The highest BCUT2D eigenvalue weighted by atomic mass is 32.2. The van der Waals surface area contributed by atoms with Crippen molar-refractivity contribution in [2.24, 2.45) is 0 Å². The van der Waals surface area contributed by atoms with Gasteiger partial charge in [0.25, 0.3) is 0 Å². The minimum atomic E-state index is -1.11. The highest BCUT2D eigenvalue weighted by molar-refractivity contribution is 8.00. The van der Waals surface area contributed by atoms with Gasteiger partial charge in [0.15, 0.2) is 39.2 Å². The zero-order chi connectivity index (χ0) is 39.9. The number of thioether (sulfide) groups is 1. The number of carboxylic acid groups (broad SMARTS) is 1. The number of piperazine rings is 1. The summed E-state index contributed by atoms with van der Waals surface area (Å²) in [7, 11) is 0. The molecule has 0 unspecified atom stereocenters. The van der Waals surface area contributed by atoms with Crippen LogP contribution < -0.4 is 15.0 Å². The SMILES string of the molecule is CC(=O)CSCC(=O)N1CCN(CC#Cc2ccc(OCCCc3sc(N4CCCc5c4nnc(Nc4nc6ccccc6s4)c5C)nc3C(=O)O)c(F)c2)CC1. The summed E-state index contributed by atoms with van der Waals surface area (Å²) < 4.78 is 21.8. The molecular formula is C40H41FN8O5S3. The number of hydrogen-bond acceptors (Lipinski definition) is 14. The van der Waals surface area contributed by atoms with Gasteiger partial charge in [0, 0.05) is 54.3 Å². The predicted molar refractivity (Wildman–Crippen MR) is 222 cm³/mol. The summed E-state index contributed by atoms with van der Waals surface area (Å²) in [5.74, 6) is 6.63. The molecule has 2 aromatic carbocycles. The van der Waals surface area contributed by atoms with E-state index in [2.05, 4.69) is 42.2 Å². The van der Waals surface area contributed by atoms with E-state index < -0.39 is 11.8 Å². The maximum atomic E-state index is 15.0. The Morgan fingerprint density at radius 3 is 2.63 bits per heavy atom. The number of carbonyl (C=O) groups is 3. The van der Waals surface area contributed by atoms with Crippen molar-refractivity contribution in [2.75, 3.05) is 67.6 Å². The molecule has 2 N–H and O–H groups in total. The second kappa shape index (κ2) is 18.4. The predicted octanol–water partition coefficient (Wildman–Crippen LogP) is 6.35. The number of anilines is 4. The number of benzene rings is 2. The van der Waals surface area contributed by atoms with Crippen molar-refractivity contribution < 1.29 is 28.6 Å². The van der Waals surface area contributed by atoms with Crippen molar-refractivity contribution >= 4 is 84.2 Å². The molecule has 3 aromatic heterocycles. The number of nitrogens with zero attached hydrogens (tertiary/aromatic N) is 7. The number of carbonyl (C=O) groups excluding carboxylic acids is 2. The van der Waals surface area contributed by atoms with Crippen LogP contribution in [0.5, 0.6) is 5.75 Å². The summed E-state index contributed by atoms with van der Waals surface area (Å²) in [5, 5.41) is 23.7. The number of carboxylic acids is 1. The molecule has 1 fully saturated rings. The van der Waals surface area contributed by atoms with Crippen LogP contribution in [0.25, 0.3) is 10.2 Å². The Bertz CT molecular complexity index is 2320. The van der Waals surface area contributed by atoms with Gasteiger partial charge in [0.1, 0.15) is 5.78 Å². The maximum Gasteiger partial charge on any atom is 0.355 e. The summed E-state index contributed by atoms with van der Waals surface area (Å²) in [6.07, 6.45) is 2.49. The van der Waals surface area contributed by atoms with Crippen molar-refractivity contribution in [3.8, 4) is 17.6 Å². The summed E-state index contributed by atoms with van der Waals surface area (Å²) >= 11 is 4.20. The van der Waals surface area contributed by atoms with Crippen molar-refractivity contribution in [2.45, 2.75) is 39.5 Å². The van der Waals surface area contributed by atoms with Gasteiger partial charge in [-0.25, -0.2) is 19.2 Å². The topological polar surface area (TPSA) is 154 Å². The van der Waals surface area contributed by atoms with Crippen molar-refractivity contribution in [1.82, 2.24) is 30.0 Å². The molecule has 2 aliphatic heterocycles. The summed E-state index contributed by atoms with van der Waals surface area (Å²) in [4.78, 5) is 51.4. The Morgan fingerprint density at radius 1 is 1.04 bits per heavy atom. The molecule has 1 saturated heterocycles. The fourth-order valence-electron chi connectivity index (χ4n) is 6.60. The monoisotopic (exact) mass is 828 g/mol. The Kier molecular flexibility index (Phi) is 12.9. The van der Waals surface area contributed by atoms with E-state index in [4.69, 9.17) is 4.74 Å². The molecule has 5 aromatic rings. The fraction of sp³-hybridized carbons (Fsp3) is 0.375. The van der Waals surface area contributed by atoms with E-state index in [0.29, 0.717) is 90.8 Å². The van der Waals surface area contributed by atoms with Gasteiger partial charge in [-0.3, -0.25) is 14.5 Å². The van der Waals surface area contributed by atoms with Crippen LogP contribution in [-0.4, -0.2) is 110 Å². The number of aromatic carboxylic acids is 1. The van der Waals surface area contributed by atoms with Crippen LogP contribution in [0, 0.1) is 24.6 Å². The number of hydrogen-bond donors (Lipinski definition) is 2. The first kappa shape index (κ1) is 40.1. The Labute approximate surface area is 341 Å². The lowest BCUT2D eigenvalue weighted by atomic mass is 10.0. The lowest BCUT2D eigenvalue weighted by Crippen LogP contribution is -2.49. The first-order valence-electron chi connectivity index (χ1n) is 18.6. The number of ether oxygens (including phenoxy) is 1. The van der Waals surface area contributed by atoms with Crippen LogP contribution in [0.1, 0.15) is 51.8 Å². The third-order valence-electron chi connectivity index (χ3n) is 9.55. The van der Waals surface area contributed by atoms with E-state index in [1.165, 1.54) is 36.1 Å². The number of thiazole rings is 2. The molecule has 0 spiro atoms. The van der Waals surface area contributed by atoms with Crippen LogP contribution in [0.4, 0.5) is 26.3 Å². The van der Waals surface area contributed by atoms with E-state index in [9.17, 15) is 23.9 Å². The van der Waals surface area contributed by atoms with Gasteiger partial charge in [-0.05, 0) is 69.9 Å². The number of rotatable bonds is 14. The van der Waals surface area contributed by atoms with Gasteiger partial charge in [-0.2, -0.15) is 0 Å². The summed E-state index contributed by atoms with van der Waals surface area (Å²) in [6.45, 7) is 7.44. The Hall–Kier alpha value is -5.15. The second-order valence-corrected chi connectivity index (χ2v) is 16.7. The normalized spacial score (nSPS) is 14.2. The number of amides is 1. The molecule has 0 bridgehead atoms. The minimum Gasteiger partial charge on any atom is -0.491 e. The van der Waals surface area contributed by atoms with E-state index in [1.54, 1.807) is 23.5 Å². The van der Waals surface area contributed by atoms with Gasteiger partial charge in [0.05, 0.1) is 34.9 Å². The van der Waals surface area contributed by atoms with Gasteiger partial charge in [-0.1, -0.05) is 35.3 Å².